The number of fused-ring (bicyclic) bond motifs is 1. The van der Waals surface area contributed by atoms with E-state index in [4.69, 9.17) is 0 Å². The molecule has 0 aliphatic carbocycles. The van der Waals surface area contributed by atoms with Crippen LogP contribution in [0.15, 0.2) is 59.7 Å². The van der Waals surface area contributed by atoms with Gasteiger partial charge in [0.15, 0.2) is 5.78 Å². The number of Topliss-reactive ketones (excluding diaryl/α,β-unsaturated/α-hetero) is 1. The van der Waals surface area contributed by atoms with Crippen LogP contribution in [0.1, 0.15) is 22.5 Å². The molecule has 2 fully saturated rings. The lowest BCUT2D eigenvalue weighted by Crippen LogP contribution is -2.50. The first-order valence-electron chi connectivity index (χ1n) is 12.5. The van der Waals surface area contributed by atoms with Gasteiger partial charge in [0.2, 0.25) is 5.91 Å². The van der Waals surface area contributed by atoms with E-state index in [-0.39, 0.29) is 30.1 Å². The Morgan fingerprint density at radius 3 is 2.51 bits per heavy atom. The van der Waals surface area contributed by atoms with Crippen LogP contribution in [0.25, 0.3) is 10.9 Å². The van der Waals surface area contributed by atoms with Crippen LogP contribution in [0.3, 0.4) is 0 Å². The van der Waals surface area contributed by atoms with Crippen molar-refractivity contribution in [1.29, 1.82) is 0 Å². The van der Waals surface area contributed by atoms with Crippen LogP contribution in [0, 0.1) is 12.8 Å². The van der Waals surface area contributed by atoms with E-state index in [1.165, 1.54) is 6.08 Å². The van der Waals surface area contributed by atoms with Crippen LogP contribution in [0.4, 0.5) is 5.82 Å². The van der Waals surface area contributed by atoms with E-state index in [9.17, 15) is 14.4 Å². The van der Waals surface area contributed by atoms with Crippen molar-refractivity contribution in [1.82, 2.24) is 19.4 Å². The van der Waals surface area contributed by atoms with E-state index in [0.29, 0.717) is 38.2 Å². The van der Waals surface area contributed by atoms with Crippen LogP contribution in [-0.4, -0.2) is 76.2 Å². The van der Waals surface area contributed by atoms with E-state index in [1.54, 1.807) is 11.1 Å². The number of rotatable bonds is 7. The number of aromatic nitrogens is 2. The average Bonchev–Trinajstić information content (AvgIpc) is 3.15. The maximum atomic E-state index is 13.8. The van der Waals surface area contributed by atoms with Gasteiger partial charge in [0.1, 0.15) is 5.82 Å². The van der Waals surface area contributed by atoms with E-state index < -0.39 is 0 Å². The minimum absolute atomic E-state index is 0.00922. The third kappa shape index (κ3) is 5.05. The molecule has 2 aliphatic rings. The lowest BCUT2D eigenvalue weighted by Gasteiger charge is -2.38. The number of likely N-dealkylation sites (tertiary alicyclic amines) is 1. The number of anilines is 1. The molecule has 2 saturated heterocycles. The fraction of sp³-hybridized carbons (Fsp3) is 0.357. The molecule has 0 N–H and O–H groups in total. The number of piperazine rings is 1. The zero-order valence-corrected chi connectivity index (χ0v) is 22.5. The Balaban J connectivity index is 1.32. The summed E-state index contributed by atoms with van der Waals surface area (Å²) in [5.74, 6) is 1.09. The van der Waals surface area contributed by atoms with Crippen LogP contribution in [-0.2, 0) is 16.1 Å². The molecule has 2 amide bonds. The van der Waals surface area contributed by atoms with Gasteiger partial charge in [-0.25, -0.2) is 4.98 Å². The molecule has 0 spiro atoms. The molecule has 0 unspecified atom stereocenters. The average molecular weight is 564 g/mol. The smallest absolute Gasteiger partial charge is 0.256 e. The second-order valence-corrected chi connectivity index (χ2v) is 10.6. The zero-order valence-electron chi connectivity index (χ0n) is 20.9. The highest BCUT2D eigenvalue weighted by Gasteiger charge is 2.32. The van der Waals surface area contributed by atoms with E-state index in [0.717, 1.165) is 40.0 Å². The number of amides is 2. The Morgan fingerprint density at radius 1 is 1.08 bits per heavy atom. The second-order valence-electron chi connectivity index (χ2n) is 9.73. The van der Waals surface area contributed by atoms with Gasteiger partial charge in [-0.1, -0.05) is 28.6 Å². The summed E-state index contributed by atoms with van der Waals surface area (Å²) in [6.45, 7) is 9.47. The normalized spacial score (nSPS) is 16.1. The molecule has 4 heterocycles. The lowest BCUT2D eigenvalue weighted by molar-refractivity contribution is -0.134. The molecule has 0 radical (unpaired) electrons. The Morgan fingerprint density at radius 2 is 1.84 bits per heavy atom. The third-order valence-electron chi connectivity index (χ3n) is 7.33. The monoisotopic (exact) mass is 563 g/mol. The SMILES string of the molecule is C=CC(=O)N1CC(CC(=O)Cn2c(C)c(C(=O)N3CCN(c4ccccn4)CC3)c3cc(Br)ccc32)C1. The molecule has 0 atom stereocenters. The molecule has 192 valence electrons. The number of carbonyl (C=O) groups is 3. The highest BCUT2D eigenvalue weighted by atomic mass is 79.9. The van der Waals surface area contributed by atoms with Gasteiger partial charge in [-0.3, -0.25) is 14.4 Å². The first kappa shape index (κ1) is 25.2. The zero-order chi connectivity index (χ0) is 26.1. The van der Waals surface area contributed by atoms with Gasteiger partial charge in [-0.2, -0.15) is 0 Å². The summed E-state index contributed by atoms with van der Waals surface area (Å²) in [6, 6.07) is 11.7. The summed E-state index contributed by atoms with van der Waals surface area (Å²) in [4.78, 5) is 48.7. The number of carbonyl (C=O) groups excluding carboxylic acids is 3. The molecule has 3 aromatic rings. The summed E-state index contributed by atoms with van der Waals surface area (Å²) in [5.41, 5.74) is 2.33. The minimum Gasteiger partial charge on any atom is -0.353 e. The largest absolute Gasteiger partial charge is 0.353 e. The molecule has 8 nitrogen and oxygen atoms in total. The summed E-state index contributed by atoms with van der Waals surface area (Å²) in [7, 11) is 0. The molecular formula is C28H30BrN5O3. The molecule has 2 aromatic heterocycles. The van der Waals surface area contributed by atoms with Crippen molar-refractivity contribution in [2.75, 3.05) is 44.2 Å². The fourth-order valence-electron chi connectivity index (χ4n) is 5.34. The van der Waals surface area contributed by atoms with Crippen molar-refractivity contribution in [2.45, 2.75) is 19.9 Å². The molecule has 1 aromatic carbocycles. The Labute approximate surface area is 224 Å². The third-order valence-corrected chi connectivity index (χ3v) is 7.83. The molecule has 0 bridgehead atoms. The van der Waals surface area contributed by atoms with Crippen LogP contribution >= 0.6 is 15.9 Å². The minimum atomic E-state index is -0.0921. The molecule has 0 saturated carbocycles. The molecule has 2 aliphatic heterocycles. The van der Waals surface area contributed by atoms with E-state index >= 15 is 0 Å². The first-order chi connectivity index (χ1) is 17.9. The first-order valence-corrected chi connectivity index (χ1v) is 13.3. The summed E-state index contributed by atoms with van der Waals surface area (Å²) in [6.07, 6.45) is 3.50. The second kappa shape index (κ2) is 10.5. The quantitative estimate of drug-likeness (QED) is 0.410. The highest BCUT2D eigenvalue weighted by molar-refractivity contribution is 9.10. The highest BCUT2D eigenvalue weighted by Crippen LogP contribution is 2.31. The van der Waals surface area contributed by atoms with Gasteiger partial charge < -0.3 is 19.3 Å². The summed E-state index contributed by atoms with van der Waals surface area (Å²) >= 11 is 3.55. The van der Waals surface area contributed by atoms with Crippen molar-refractivity contribution >= 4 is 50.2 Å². The van der Waals surface area contributed by atoms with Crippen molar-refractivity contribution in [3.8, 4) is 0 Å². The molecule has 9 heteroatoms. The maximum Gasteiger partial charge on any atom is 0.256 e. The Kier molecular flexibility index (Phi) is 7.15. The number of benzene rings is 1. The predicted octanol–water partition coefficient (Wildman–Crippen LogP) is 3.67. The fourth-order valence-corrected chi connectivity index (χ4v) is 5.70. The van der Waals surface area contributed by atoms with Crippen molar-refractivity contribution in [2.24, 2.45) is 5.92 Å². The Bertz CT molecular complexity index is 1360. The van der Waals surface area contributed by atoms with Crippen LogP contribution < -0.4 is 4.90 Å². The van der Waals surface area contributed by atoms with Crippen molar-refractivity contribution in [3.05, 3.63) is 71.0 Å². The lowest BCUT2D eigenvalue weighted by atomic mass is 9.94. The summed E-state index contributed by atoms with van der Waals surface area (Å²) in [5, 5.41) is 0.850. The number of pyridine rings is 1. The molecular weight excluding hydrogens is 534 g/mol. The standard InChI is InChI=1S/C28H30BrN5O3/c1-3-26(36)33-16-20(17-33)14-22(35)18-34-19(2)27(23-15-21(29)7-8-24(23)34)28(37)32-12-10-31(11-13-32)25-6-4-5-9-30-25/h3-9,15,20H,1,10-14,16-18H2,2H3. The van der Waals surface area contributed by atoms with Gasteiger partial charge in [-0.05, 0) is 43.3 Å². The van der Waals surface area contributed by atoms with Crippen molar-refractivity contribution < 1.29 is 14.4 Å². The molecule has 37 heavy (non-hydrogen) atoms. The number of hydrogen-bond acceptors (Lipinski definition) is 5. The number of halogens is 1. The topological polar surface area (TPSA) is 78.8 Å². The molecule has 5 rings (SSSR count). The van der Waals surface area contributed by atoms with Crippen LogP contribution in [0.5, 0.6) is 0 Å². The van der Waals surface area contributed by atoms with Gasteiger partial charge in [-0.15, -0.1) is 0 Å². The van der Waals surface area contributed by atoms with Crippen LogP contribution in [0.2, 0.25) is 0 Å². The number of nitrogens with zero attached hydrogens (tertiary/aromatic N) is 5. The van der Waals surface area contributed by atoms with Crippen molar-refractivity contribution in [3.63, 3.8) is 0 Å². The number of ketones is 1. The van der Waals surface area contributed by atoms with Gasteiger partial charge in [0.25, 0.3) is 5.91 Å². The summed E-state index contributed by atoms with van der Waals surface area (Å²) < 4.78 is 2.85. The van der Waals surface area contributed by atoms with Gasteiger partial charge >= 0.3 is 0 Å². The van der Waals surface area contributed by atoms with E-state index in [2.05, 4.69) is 32.4 Å². The maximum absolute atomic E-state index is 13.8. The van der Waals surface area contributed by atoms with E-state index in [1.807, 2.05) is 52.8 Å². The Hall–Kier alpha value is -3.46. The number of hydrogen-bond donors (Lipinski definition) is 0. The predicted molar refractivity (Wildman–Crippen MR) is 147 cm³/mol. The van der Waals surface area contributed by atoms with Gasteiger partial charge in [0, 0.05) is 78.9 Å². The van der Waals surface area contributed by atoms with Gasteiger partial charge in [0.05, 0.1) is 12.1 Å².